The smallest absolute Gasteiger partial charge is 0.244 e. The molecule has 0 aliphatic rings. The maximum Gasteiger partial charge on any atom is 0.244 e. The average molecular weight is 329 g/mol. The third-order valence-corrected chi connectivity index (χ3v) is 5.88. The zero-order chi connectivity index (χ0) is 15.8. The standard InChI is InChI=1S/C14H19NO4S2/c1-8-5-13(11(4)20-8)9(2)15-21(17,18)14-6-12(7-16)19-10(14)3/h5-6,9,15-16H,7H2,1-4H3. The van der Waals surface area contributed by atoms with Crippen LogP contribution in [-0.2, 0) is 16.6 Å². The molecule has 0 fully saturated rings. The molecule has 1 unspecified atom stereocenters. The van der Waals surface area contributed by atoms with Gasteiger partial charge in [-0.15, -0.1) is 11.3 Å². The molecule has 0 aromatic carbocycles. The van der Waals surface area contributed by atoms with E-state index in [1.807, 2.05) is 26.8 Å². The summed E-state index contributed by atoms with van der Waals surface area (Å²) >= 11 is 1.64. The van der Waals surface area contributed by atoms with E-state index in [9.17, 15) is 8.42 Å². The average Bonchev–Trinajstić information content (AvgIpc) is 2.91. The van der Waals surface area contributed by atoms with Crippen LogP contribution in [0, 0.1) is 20.8 Å². The Balaban J connectivity index is 2.28. The van der Waals surface area contributed by atoms with E-state index >= 15 is 0 Å². The topological polar surface area (TPSA) is 79.5 Å². The molecule has 0 aliphatic heterocycles. The van der Waals surface area contributed by atoms with Gasteiger partial charge in [0.2, 0.25) is 10.0 Å². The van der Waals surface area contributed by atoms with E-state index in [-0.39, 0.29) is 29.1 Å². The minimum absolute atomic E-state index is 0.0722. The highest BCUT2D eigenvalue weighted by molar-refractivity contribution is 7.89. The summed E-state index contributed by atoms with van der Waals surface area (Å²) in [5.41, 5.74) is 0.976. The van der Waals surface area contributed by atoms with Crippen molar-refractivity contribution in [2.45, 2.75) is 45.2 Å². The summed E-state index contributed by atoms with van der Waals surface area (Å²) in [6.45, 7) is 7.03. The van der Waals surface area contributed by atoms with Crippen molar-refractivity contribution in [1.29, 1.82) is 0 Å². The van der Waals surface area contributed by atoms with Crippen LogP contribution in [0.25, 0.3) is 0 Å². The Labute approximate surface area is 128 Å². The van der Waals surface area contributed by atoms with E-state index in [1.165, 1.54) is 6.07 Å². The minimum Gasteiger partial charge on any atom is -0.462 e. The number of hydrogen-bond donors (Lipinski definition) is 2. The van der Waals surface area contributed by atoms with Crippen molar-refractivity contribution in [1.82, 2.24) is 4.72 Å². The number of rotatable bonds is 5. The highest BCUT2D eigenvalue weighted by atomic mass is 32.2. The van der Waals surface area contributed by atoms with Crippen LogP contribution in [0.3, 0.4) is 0 Å². The van der Waals surface area contributed by atoms with Gasteiger partial charge in [0.1, 0.15) is 23.0 Å². The van der Waals surface area contributed by atoms with Gasteiger partial charge in [0.15, 0.2) is 0 Å². The normalized spacial score (nSPS) is 13.6. The lowest BCUT2D eigenvalue weighted by atomic mass is 10.1. The predicted octanol–water partition coefficient (Wildman–Crippen LogP) is 2.80. The van der Waals surface area contributed by atoms with Crippen LogP contribution in [0.2, 0.25) is 0 Å². The summed E-state index contributed by atoms with van der Waals surface area (Å²) in [5.74, 6) is 0.514. The Morgan fingerprint density at radius 1 is 1.33 bits per heavy atom. The van der Waals surface area contributed by atoms with Gasteiger partial charge in [0.05, 0.1) is 0 Å². The van der Waals surface area contributed by atoms with Crippen LogP contribution in [0.4, 0.5) is 0 Å². The number of aliphatic hydroxyl groups is 1. The molecule has 21 heavy (non-hydrogen) atoms. The van der Waals surface area contributed by atoms with E-state index in [1.54, 1.807) is 18.3 Å². The van der Waals surface area contributed by atoms with Crippen LogP contribution >= 0.6 is 11.3 Å². The number of nitrogens with one attached hydrogen (secondary N) is 1. The predicted molar refractivity (Wildman–Crippen MR) is 81.9 cm³/mol. The molecule has 1 atom stereocenters. The maximum atomic E-state index is 12.4. The second kappa shape index (κ2) is 5.92. The van der Waals surface area contributed by atoms with Crippen LogP contribution < -0.4 is 4.72 Å². The summed E-state index contributed by atoms with van der Waals surface area (Å²) in [6, 6.07) is 3.02. The Morgan fingerprint density at radius 3 is 2.48 bits per heavy atom. The monoisotopic (exact) mass is 329 g/mol. The fourth-order valence-corrected chi connectivity index (χ4v) is 4.76. The summed E-state index contributed by atoms with van der Waals surface area (Å²) in [6.07, 6.45) is 0. The van der Waals surface area contributed by atoms with Crippen LogP contribution in [-0.4, -0.2) is 13.5 Å². The first kappa shape index (κ1) is 16.2. The van der Waals surface area contributed by atoms with Crippen LogP contribution in [0.5, 0.6) is 0 Å². The van der Waals surface area contributed by atoms with Crippen LogP contribution in [0.1, 0.15) is 39.8 Å². The molecule has 2 rings (SSSR count). The van der Waals surface area contributed by atoms with E-state index in [4.69, 9.17) is 9.52 Å². The first-order chi connectivity index (χ1) is 9.74. The molecule has 0 radical (unpaired) electrons. The van der Waals surface area contributed by atoms with Gasteiger partial charge < -0.3 is 9.52 Å². The van der Waals surface area contributed by atoms with Crippen molar-refractivity contribution >= 4 is 21.4 Å². The van der Waals surface area contributed by atoms with E-state index < -0.39 is 10.0 Å². The van der Waals surface area contributed by atoms with Crippen molar-refractivity contribution in [2.75, 3.05) is 0 Å². The molecule has 2 N–H and O–H groups in total. The number of furan rings is 1. The van der Waals surface area contributed by atoms with Gasteiger partial charge in [-0.25, -0.2) is 13.1 Å². The van der Waals surface area contributed by atoms with Gasteiger partial charge in [-0.3, -0.25) is 0 Å². The quantitative estimate of drug-likeness (QED) is 0.884. The molecule has 116 valence electrons. The molecule has 2 heterocycles. The van der Waals surface area contributed by atoms with Gasteiger partial charge in [0, 0.05) is 21.9 Å². The highest BCUT2D eigenvalue weighted by Crippen LogP contribution is 2.28. The highest BCUT2D eigenvalue weighted by Gasteiger charge is 2.24. The molecular formula is C14H19NO4S2. The summed E-state index contributed by atoms with van der Waals surface area (Å²) in [7, 11) is -3.69. The summed E-state index contributed by atoms with van der Waals surface area (Å²) in [5, 5.41) is 9.03. The lowest BCUT2D eigenvalue weighted by molar-refractivity contribution is 0.244. The third kappa shape index (κ3) is 3.37. The summed E-state index contributed by atoms with van der Waals surface area (Å²) < 4.78 is 32.7. The Hall–Kier alpha value is -1.15. The second-order valence-electron chi connectivity index (χ2n) is 5.00. The molecule has 0 aliphatic carbocycles. The lowest BCUT2D eigenvalue weighted by Crippen LogP contribution is -2.27. The molecule has 0 spiro atoms. The molecule has 2 aromatic rings. The number of hydrogen-bond acceptors (Lipinski definition) is 5. The van der Waals surface area contributed by atoms with Gasteiger partial charge in [-0.05, 0) is 39.3 Å². The number of aliphatic hydroxyl groups excluding tert-OH is 1. The van der Waals surface area contributed by atoms with Crippen molar-refractivity contribution in [3.05, 3.63) is 39.0 Å². The molecule has 0 amide bonds. The summed E-state index contributed by atoms with van der Waals surface area (Å²) in [4.78, 5) is 2.32. The van der Waals surface area contributed by atoms with Crippen molar-refractivity contribution in [3.8, 4) is 0 Å². The molecule has 2 aromatic heterocycles. The van der Waals surface area contributed by atoms with E-state index in [0.29, 0.717) is 0 Å². The fourth-order valence-electron chi connectivity index (χ4n) is 2.31. The first-order valence-corrected chi connectivity index (χ1v) is 8.84. The van der Waals surface area contributed by atoms with Gasteiger partial charge >= 0.3 is 0 Å². The van der Waals surface area contributed by atoms with Crippen molar-refractivity contribution in [2.24, 2.45) is 0 Å². The van der Waals surface area contributed by atoms with Gasteiger partial charge in [0.25, 0.3) is 0 Å². The zero-order valence-corrected chi connectivity index (χ0v) is 14.1. The molecule has 0 bridgehead atoms. The molecule has 7 heteroatoms. The molecule has 0 saturated carbocycles. The van der Waals surface area contributed by atoms with Gasteiger partial charge in [-0.2, -0.15) is 0 Å². The number of thiophene rings is 1. The SMILES string of the molecule is Cc1cc(C(C)NS(=O)(=O)c2cc(CO)oc2C)c(C)s1. The van der Waals surface area contributed by atoms with Crippen LogP contribution in [0.15, 0.2) is 21.4 Å². The lowest BCUT2D eigenvalue weighted by Gasteiger charge is -2.13. The van der Waals surface area contributed by atoms with Crippen molar-refractivity contribution in [3.63, 3.8) is 0 Å². The Bertz CT molecular complexity index is 743. The number of aryl methyl sites for hydroxylation is 3. The minimum atomic E-state index is -3.69. The van der Waals surface area contributed by atoms with Gasteiger partial charge in [-0.1, -0.05) is 0 Å². The first-order valence-electron chi connectivity index (χ1n) is 6.54. The zero-order valence-electron chi connectivity index (χ0n) is 12.4. The number of sulfonamides is 1. The van der Waals surface area contributed by atoms with E-state index in [2.05, 4.69) is 4.72 Å². The largest absolute Gasteiger partial charge is 0.462 e. The molecular weight excluding hydrogens is 310 g/mol. The Morgan fingerprint density at radius 2 is 2.00 bits per heavy atom. The molecule has 0 saturated heterocycles. The third-order valence-electron chi connectivity index (χ3n) is 3.25. The van der Waals surface area contributed by atoms with E-state index in [0.717, 1.165) is 15.3 Å². The van der Waals surface area contributed by atoms with Crippen molar-refractivity contribution < 1.29 is 17.9 Å². The maximum absolute atomic E-state index is 12.4. The Kier molecular flexibility index (Phi) is 4.57. The second-order valence-corrected chi connectivity index (χ2v) is 8.15. The fraction of sp³-hybridized carbons (Fsp3) is 0.429. The molecule has 5 nitrogen and oxygen atoms in total.